The molecule has 3 amide bonds. The van der Waals surface area contributed by atoms with Crippen molar-refractivity contribution in [3.05, 3.63) is 88.2 Å². The number of carbonyl (C=O) groups is 3. The number of ether oxygens (including phenoxy) is 3. The molecule has 23 heteroatoms. The Balaban J connectivity index is 0.886. The molecule has 16 nitrogen and oxygen atoms in total. The fraction of sp³-hybridized carbons (Fsp3) is 0.469. The first-order valence-corrected chi connectivity index (χ1v) is 24.3. The lowest BCUT2D eigenvalue weighted by Gasteiger charge is -2.36. The van der Waals surface area contributed by atoms with Gasteiger partial charge in [0.1, 0.15) is 35.6 Å². The maximum atomic E-state index is 15.4. The maximum absolute atomic E-state index is 15.4. The molecule has 3 atom stereocenters. The third-order valence-corrected chi connectivity index (χ3v) is 13.3. The Morgan fingerprint density at radius 2 is 1.72 bits per heavy atom. The van der Waals surface area contributed by atoms with Gasteiger partial charge in [-0.25, -0.2) is 18.7 Å². The van der Waals surface area contributed by atoms with E-state index in [2.05, 4.69) is 20.6 Å². The number of amidine groups is 1. The van der Waals surface area contributed by atoms with Gasteiger partial charge in [-0.05, 0) is 80.9 Å². The molecule has 0 saturated carbocycles. The number of thiocarbonyl (C=S) groups is 1. The maximum Gasteiger partial charge on any atom is 0.420 e. The molecule has 4 aromatic rings. The first-order chi connectivity index (χ1) is 33.9. The molecule has 6 rings (SSSR count). The average molecular weight is 1040 g/mol. The molecule has 2 fully saturated rings. The third kappa shape index (κ3) is 12.7. The number of amides is 3. The Hall–Kier alpha value is -6.19. The summed E-state index contributed by atoms with van der Waals surface area (Å²) in [5, 5.41) is 33.7. The SMILES string of the molecule is Cc1ncsc1-c1ccc(CNC(=O)[C@@H]2C[C@@H](O)CN2C(=O)[C@@H](NC(=N)COCCCOCCCCOc2ncc(N3C(=S)N(c4ccc(C#N)c(C(F)(F)F)c4F)C(=O)C3(C)C)cc2F)C(C)(C)C)cc1. The van der Waals surface area contributed by atoms with Gasteiger partial charge < -0.3 is 39.8 Å². The van der Waals surface area contributed by atoms with Crippen LogP contribution in [0.15, 0.2) is 54.2 Å². The summed E-state index contributed by atoms with van der Waals surface area (Å²) in [7, 11) is 0. The number of hydrogen-bond donors (Lipinski definition) is 4. The highest BCUT2D eigenvalue weighted by atomic mass is 32.1. The Bertz CT molecular complexity index is 2690. The molecule has 72 heavy (non-hydrogen) atoms. The number of aromatic nitrogens is 2. The molecule has 2 aromatic carbocycles. The number of anilines is 2. The third-order valence-electron chi connectivity index (χ3n) is 12.0. The van der Waals surface area contributed by atoms with Crippen LogP contribution >= 0.6 is 23.6 Å². The van der Waals surface area contributed by atoms with Gasteiger partial charge in [0.15, 0.2) is 16.7 Å². The van der Waals surface area contributed by atoms with Crippen LogP contribution in [0.4, 0.5) is 33.3 Å². The topological polar surface area (TPSA) is 206 Å². The fourth-order valence-electron chi connectivity index (χ4n) is 8.20. The summed E-state index contributed by atoms with van der Waals surface area (Å²) in [6.07, 6.45) is -3.37. The second-order valence-electron chi connectivity index (χ2n) is 18.8. The number of hydrogen-bond acceptors (Lipinski definition) is 13. The molecule has 0 spiro atoms. The highest BCUT2D eigenvalue weighted by Crippen LogP contribution is 2.42. The summed E-state index contributed by atoms with van der Waals surface area (Å²) in [6.45, 7) is 11.4. The van der Waals surface area contributed by atoms with Gasteiger partial charge in [-0.15, -0.1) is 11.3 Å². The van der Waals surface area contributed by atoms with Crippen LogP contribution in [0, 0.1) is 40.7 Å². The van der Waals surface area contributed by atoms with E-state index in [0.717, 1.165) is 51.0 Å². The molecule has 0 bridgehead atoms. The molecular formula is C49H56F5N9O7S2. The number of aliphatic hydroxyl groups is 1. The number of pyridine rings is 1. The van der Waals surface area contributed by atoms with Gasteiger partial charge in [0.05, 0.1) is 58.0 Å². The highest BCUT2D eigenvalue weighted by molar-refractivity contribution is 7.81. The largest absolute Gasteiger partial charge is 0.476 e. The Morgan fingerprint density at radius 1 is 1.04 bits per heavy atom. The van der Waals surface area contributed by atoms with Gasteiger partial charge in [-0.3, -0.25) is 24.7 Å². The smallest absolute Gasteiger partial charge is 0.420 e. The van der Waals surface area contributed by atoms with E-state index in [9.17, 15) is 32.7 Å². The number of nitrogens with zero attached hydrogens (tertiary/aromatic N) is 6. The second-order valence-corrected chi connectivity index (χ2v) is 20.0. The van der Waals surface area contributed by atoms with Gasteiger partial charge in [-0.2, -0.15) is 18.4 Å². The van der Waals surface area contributed by atoms with Crippen molar-refractivity contribution in [2.24, 2.45) is 5.41 Å². The van der Waals surface area contributed by atoms with Crippen molar-refractivity contribution in [3.8, 4) is 22.4 Å². The molecule has 2 aromatic heterocycles. The van der Waals surface area contributed by atoms with E-state index >= 15 is 8.78 Å². The zero-order valence-corrected chi connectivity index (χ0v) is 42.1. The number of β-amino-alcohol motifs (C(OH)–C–C–N with tert-alkyl or cyclic N) is 1. The van der Waals surface area contributed by atoms with Gasteiger partial charge >= 0.3 is 6.18 Å². The van der Waals surface area contributed by atoms with Crippen molar-refractivity contribution in [1.29, 1.82) is 10.7 Å². The summed E-state index contributed by atoms with van der Waals surface area (Å²) in [6, 6.07) is 9.90. The van der Waals surface area contributed by atoms with Gasteiger partial charge in [0.2, 0.25) is 11.8 Å². The standard InChI is InChI=1S/C49H56F5N9O7S2/c1-28-40(72-27-59-28)30-12-10-29(11-13-30)23-57-42(65)36-21-33(64)25-61(36)44(66)41(47(2,3)4)60-37(56)26-69-18-9-17-68-16-7-8-19-70-43-34(50)20-32(24-58-43)63-46(71)62(45(67)48(63,5)6)35-15-14-31(22-55)38(39(35)51)49(52,53)54/h10-15,20,24,27,33,36,41,64H,7-9,16-19,21,23,25-26H2,1-6H3,(H2,56,60)(H,57,65)/t33-,36+,41-/m1/s1. The predicted molar refractivity (Wildman–Crippen MR) is 262 cm³/mol. The van der Waals surface area contributed by atoms with Crippen LogP contribution in [0.2, 0.25) is 0 Å². The number of rotatable bonds is 20. The molecular weight excluding hydrogens is 986 g/mol. The monoisotopic (exact) mass is 1040 g/mol. The first-order valence-electron chi connectivity index (χ1n) is 23.0. The predicted octanol–water partition coefficient (Wildman–Crippen LogP) is 7.44. The van der Waals surface area contributed by atoms with Crippen molar-refractivity contribution in [2.45, 2.75) is 104 Å². The van der Waals surface area contributed by atoms with Gasteiger partial charge in [0.25, 0.3) is 11.8 Å². The van der Waals surface area contributed by atoms with Crippen molar-refractivity contribution < 1.29 is 55.7 Å². The van der Waals surface area contributed by atoms with Crippen LogP contribution in [0.1, 0.15) is 82.7 Å². The first kappa shape index (κ1) is 55.1. The fourth-order valence-corrected chi connectivity index (χ4v) is 9.53. The Labute approximate surface area is 423 Å². The minimum Gasteiger partial charge on any atom is -0.476 e. The molecule has 386 valence electrons. The lowest BCUT2D eigenvalue weighted by atomic mass is 9.85. The van der Waals surface area contributed by atoms with Crippen molar-refractivity contribution in [2.75, 3.05) is 49.4 Å². The summed E-state index contributed by atoms with van der Waals surface area (Å²) in [4.78, 5) is 53.4. The number of nitriles is 1. The summed E-state index contributed by atoms with van der Waals surface area (Å²) in [5.41, 5.74) is -1.31. The van der Waals surface area contributed by atoms with Crippen molar-refractivity contribution >= 4 is 63.6 Å². The number of carbonyl (C=O) groups excluding carboxylic acids is 3. The van der Waals surface area contributed by atoms with Crippen LogP contribution in [-0.2, 0) is 36.6 Å². The van der Waals surface area contributed by atoms with E-state index in [4.69, 9.17) is 37.1 Å². The average Bonchev–Trinajstić information content (AvgIpc) is 3.98. The second kappa shape index (κ2) is 23.1. The van der Waals surface area contributed by atoms with Crippen LogP contribution < -0.4 is 25.2 Å². The van der Waals surface area contributed by atoms with E-state index in [0.29, 0.717) is 37.4 Å². The highest BCUT2D eigenvalue weighted by Gasteiger charge is 2.52. The molecule has 2 saturated heterocycles. The van der Waals surface area contributed by atoms with E-state index in [-0.39, 0.29) is 62.6 Å². The van der Waals surface area contributed by atoms with Crippen LogP contribution in [0.25, 0.3) is 10.4 Å². The molecule has 2 aliphatic heterocycles. The summed E-state index contributed by atoms with van der Waals surface area (Å²) < 4.78 is 88.6. The Kier molecular flexibility index (Phi) is 17.7. The van der Waals surface area contributed by atoms with Gasteiger partial charge in [0, 0.05) is 45.4 Å². The molecule has 0 radical (unpaired) electrons. The minimum atomic E-state index is -5.25. The zero-order valence-electron chi connectivity index (χ0n) is 40.5. The molecule has 4 N–H and O–H groups in total. The number of likely N-dealkylation sites (tertiary alicyclic amines) is 1. The summed E-state index contributed by atoms with van der Waals surface area (Å²) in [5.74, 6) is -4.86. The quantitative estimate of drug-likeness (QED) is 0.0224. The number of unbranched alkanes of at least 4 members (excludes halogenated alkanes) is 1. The van der Waals surface area contributed by atoms with Crippen LogP contribution in [-0.4, -0.2) is 112 Å². The van der Waals surface area contributed by atoms with Gasteiger partial charge in [-0.1, -0.05) is 45.0 Å². The van der Waals surface area contributed by atoms with E-state index in [1.54, 1.807) is 16.8 Å². The number of aliphatic hydroxyl groups excluding tert-OH is 1. The van der Waals surface area contributed by atoms with E-state index in [1.165, 1.54) is 24.8 Å². The Morgan fingerprint density at radius 3 is 2.36 bits per heavy atom. The van der Waals surface area contributed by atoms with Crippen molar-refractivity contribution in [3.63, 3.8) is 0 Å². The number of thiazole rings is 1. The van der Waals surface area contributed by atoms with Crippen LogP contribution in [0.5, 0.6) is 5.88 Å². The molecule has 4 heterocycles. The van der Waals surface area contributed by atoms with Crippen molar-refractivity contribution in [1.82, 2.24) is 25.5 Å². The lowest BCUT2D eigenvalue weighted by Crippen LogP contribution is -2.58. The van der Waals surface area contributed by atoms with E-state index in [1.807, 2.05) is 52.0 Å². The zero-order chi connectivity index (χ0) is 52.7. The number of nitrogens with one attached hydrogen (secondary N) is 3. The molecule has 0 unspecified atom stereocenters. The normalized spacial score (nSPS) is 17.3. The number of halogens is 5. The van der Waals surface area contributed by atoms with E-state index < -0.39 is 80.7 Å². The molecule has 0 aliphatic carbocycles. The van der Waals surface area contributed by atoms with Crippen LogP contribution in [0.3, 0.4) is 0 Å². The summed E-state index contributed by atoms with van der Waals surface area (Å²) >= 11 is 6.96. The number of benzene rings is 2. The molecule has 2 aliphatic rings. The number of aryl methyl sites for hydroxylation is 1. The number of alkyl halides is 3. The minimum absolute atomic E-state index is 0.0205. The lowest BCUT2D eigenvalue weighted by molar-refractivity contribution is -0.141.